The summed E-state index contributed by atoms with van der Waals surface area (Å²) in [4.78, 5) is 1.04. The third kappa shape index (κ3) is 2.79. The van der Waals surface area contributed by atoms with Crippen LogP contribution in [0.2, 0.25) is 10.0 Å². The monoisotopic (exact) mass is 350 g/mol. The van der Waals surface area contributed by atoms with Crippen molar-refractivity contribution in [1.82, 2.24) is 0 Å². The van der Waals surface area contributed by atoms with Crippen LogP contribution < -0.4 is 4.74 Å². The average molecular weight is 352 g/mol. The molecule has 0 aliphatic carbocycles. The quantitative estimate of drug-likeness (QED) is 0.659. The van der Waals surface area contributed by atoms with Crippen LogP contribution in [0.3, 0.4) is 0 Å². The molecule has 1 atom stereocenters. The van der Waals surface area contributed by atoms with Gasteiger partial charge in [0.1, 0.15) is 5.75 Å². The van der Waals surface area contributed by atoms with E-state index >= 15 is 0 Å². The van der Waals surface area contributed by atoms with E-state index in [0.29, 0.717) is 5.02 Å². The lowest BCUT2D eigenvalue weighted by Gasteiger charge is -2.14. The molecule has 1 aromatic carbocycles. The van der Waals surface area contributed by atoms with Crippen molar-refractivity contribution in [3.63, 3.8) is 0 Å². The molecule has 0 saturated heterocycles. The van der Waals surface area contributed by atoms with Gasteiger partial charge in [-0.05, 0) is 29.6 Å². The molecule has 2 rings (SSSR count). The van der Waals surface area contributed by atoms with E-state index in [9.17, 15) is 0 Å². The van der Waals surface area contributed by atoms with E-state index in [0.717, 1.165) is 21.2 Å². The molecule has 1 nitrogen and oxygen atoms in total. The maximum atomic E-state index is 6.13. The van der Waals surface area contributed by atoms with Crippen LogP contribution in [-0.4, -0.2) is 7.11 Å². The molecule has 0 fully saturated rings. The summed E-state index contributed by atoms with van der Waals surface area (Å²) < 4.78 is 5.33. The Kier molecular flexibility index (Phi) is 4.36. The van der Waals surface area contributed by atoms with Crippen molar-refractivity contribution < 1.29 is 4.74 Å². The van der Waals surface area contributed by atoms with Crippen molar-refractivity contribution in [3.05, 3.63) is 50.1 Å². The number of ether oxygens (including phenoxy) is 1. The molecule has 0 amide bonds. The Balaban J connectivity index is 2.46. The van der Waals surface area contributed by atoms with Gasteiger partial charge in [0.25, 0.3) is 0 Å². The Morgan fingerprint density at radius 1 is 1.29 bits per heavy atom. The van der Waals surface area contributed by atoms with Crippen LogP contribution in [0, 0.1) is 0 Å². The molecule has 0 N–H and O–H groups in total. The van der Waals surface area contributed by atoms with Crippen LogP contribution in [0.25, 0.3) is 0 Å². The predicted octanol–water partition coefficient (Wildman–Crippen LogP) is 5.55. The average Bonchev–Trinajstić information content (AvgIpc) is 2.74. The van der Waals surface area contributed by atoms with Crippen LogP contribution >= 0.6 is 50.5 Å². The molecule has 2 aromatic rings. The molecule has 0 radical (unpaired) electrons. The molecule has 90 valence electrons. The van der Waals surface area contributed by atoms with Crippen molar-refractivity contribution >= 4 is 50.5 Å². The van der Waals surface area contributed by atoms with E-state index in [4.69, 9.17) is 27.9 Å². The fourth-order valence-corrected chi connectivity index (χ4v) is 3.93. The van der Waals surface area contributed by atoms with Crippen molar-refractivity contribution in [1.29, 1.82) is 0 Å². The largest absolute Gasteiger partial charge is 0.496 e. The third-order valence-electron chi connectivity index (χ3n) is 2.34. The van der Waals surface area contributed by atoms with Gasteiger partial charge in [-0.15, -0.1) is 11.3 Å². The van der Waals surface area contributed by atoms with E-state index in [-0.39, 0.29) is 4.83 Å². The highest BCUT2D eigenvalue weighted by atomic mass is 79.9. The second-order valence-corrected chi connectivity index (χ2v) is 6.09. The first kappa shape index (κ1) is 13.2. The molecule has 17 heavy (non-hydrogen) atoms. The van der Waals surface area contributed by atoms with Crippen molar-refractivity contribution in [2.24, 2.45) is 0 Å². The molecule has 1 aromatic heterocycles. The summed E-state index contributed by atoms with van der Waals surface area (Å²) in [6.45, 7) is 0. The summed E-state index contributed by atoms with van der Waals surface area (Å²) in [6.07, 6.45) is 0. The fraction of sp³-hybridized carbons (Fsp3) is 0.167. The van der Waals surface area contributed by atoms with Gasteiger partial charge in [-0.1, -0.05) is 39.1 Å². The number of alkyl halides is 1. The molecule has 1 heterocycles. The summed E-state index contributed by atoms with van der Waals surface area (Å²) in [7, 11) is 1.64. The molecule has 1 unspecified atom stereocenters. The van der Waals surface area contributed by atoms with Crippen molar-refractivity contribution in [2.45, 2.75) is 4.83 Å². The lowest BCUT2D eigenvalue weighted by molar-refractivity contribution is 0.410. The second-order valence-electron chi connectivity index (χ2n) is 3.38. The highest BCUT2D eigenvalue weighted by Crippen LogP contribution is 2.42. The lowest BCUT2D eigenvalue weighted by Crippen LogP contribution is -1.95. The number of thiophene rings is 1. The number of hydrogen-bond donors (Lipinski definition) is 0. The Labute approximate surface area is 122 Å². The predicted molar refractivity (Wildman–Crippen MR) is 78.1 cm³/mol. The van der Waals surface area contributed by atoms with E-state index in [2.05, 4.69) is 15.9 Å². The Bertz CT molecular complexity index is 527. The molecule has 0 aliphatic rings. The Hall–Kier alpha value is -0.220. The van der Waals surface area contributed by atoms with E-state index in [1.54, 1.807) is 24.5 Å². The van der Waals surface area contributed by atoms with Gasteiger partial charge in [-0.3, -0.25) is 0 Å². The second kappa shape index (κ2) is 5.61. The van der Waals surface area contributed by atoms with Gasteiger partial charge in [0.15, 0.2) is 0 Å². The normalized spacial score (nSPS) is 12.5. The highest BCUT2D eigenvalue weighted by molar-refractivity contribution is 9.09. The van der Waals surface area contributed by atoms with Crippen molar-refractivity contribution in [3.8, 4) is 5.75 Å². The topological polar surface area (TPSA) is 9.23 Å². The number of halogens is 3. The zero-order valence-electron chi connectivity index (χ0n) is 8.91. The SMILES string of the molecule is COc1ccc(Cl)cc1C(Br)c1sccc1Cl. The van der Waals surface area contributed by atoms with Crippen LogP contribution in [0.5, 0.6) is 5.75 Å². The summed E-state index contributed by atoms with van der Waals surface area (Å²) in [5, 5.41) is 3.39. The maximum Gasteiger partial charge on any atom is 0.123 e. The van der Waals surface area contributed by atoms with Crippen LogP contribution in [0.4, 0.5) is 0 Å². The van der Waals surface area contributed by atoms with E-state index in [1.165, 1.54) is 0 Å². The minimum Gasteiger partial charge on any atom is -0.496 e. The maximum absolute atomic E-state index is 6.13. The van der Waals surface area contributed by atoms with Gasteiger partial charge >= 0.3 is 0 Å². The standard InChI is InChI=1S/C12H9BrCl2OS/c1-16-10-3-2-7(14)6-8(10)11(13)12-9(15)4-5-17-12/h2-6,11H,1H3. The van der Waals surface area contributed by atoms with Crippen molar-refractivity contribution in [2.75, 3.05) is 7.11 Å². The minimum atomic E-state index is -0.0105. The first-order chi connectivity index (χ1) is 8.13. The molecule has 5 heteroatoms. The van der Waals surface area contributed by atoms with Gasteiger partial charge in [-0.2, -0.15) is 0 Å². The number of benzene rings is 1. The number of rotatable bonds is 3. The summed E-state index contributed by atoms with van der Waals surface area (Å²) in [5.41, 5.74) is 0.976. The zero-order valence-corrected chi connectivity index (χ0v) is 12.8. The summed E-state index contributed by atoms with van der Waals surface area (Å²) in [6, 6.07) is 7.43. The van der Waals surface area contributed by atoms with Crippen LogP contribution in [0.1, 0.15) is 15.3 Å². The first-order valence-corrected chi connectivity index (χ1v) is 7.39. The molecule has 0 aliphatic heterocycles. The summed E-state index contributed by atoms with van der Waals surface area (Å²) in [5.74, 6) is 0.792. The Morgan fingerprint density at radius 3 is 2.65 bits per heavy atom. The third-order valence-corrected chi connectivity index (χ3v) is 5.25. The molecule has 0 saturated carbocycles. The first-order valence-electron chi connectivity index (χ1n) is 4.84. The van der Waals surface area contributed by atoms with E-state index < -0.39 is 0 Å². The van der Waals surface area contributed by atoms with E-state index in [1.807, 2.05) is 23.6 Å². The summed E-state index contributed by atoms with van der Waals surface area (Å²) >= 11 is 17.4. The molecule has 0 bridgehead atoms. The zero-order chi connectivity index (χ0) is 12.4. The lowest BCUT2D eigenvalue weighted by atomic mass is 10.1. The van der Waals surface area contributed by atoms with Gasteiger partial charge in [0.2, 0.25) is 0 Å². The minimum absolute atomic E-state index is 0.0105. The molecular formula is C12H9BrCl2OS. The van der Waals surface area contributed by atoms with Gasteiger partial charge in [0.05, 0.1) is 17.0 Å². The van der Waals surface area contributed by atoms with Crippen LogP contribution in [0.15, 0.2) is 29.6 Å². The van der Waals surface area contributed by atoms with Gasteiger partial charge in [0, 0.05) is 15.5 Å². The van der Waals surface area contributed by atoms with Gasteiger partial charge < -0.3 is 4.74 Å². The number of hydrogen-bond acceptors (Lipinski definition) is 2. The fourth-order valence-electron chi connectivity index (χ4n) is 1.53. The smallest absolute Gasteiger partial charge is 0.123 e. The van der Waals surface area contributed by atoms with Crippen LogP contribution in [-0.2, 0) is 0 Å². The van der Waals surface area contributed by atoms with Gasteiger partial charge in [-0.25, -0.2) is 0 Å². The Morgan fingerprint density at radius 2 is 2.06 bits per heavy atom. The number of methoxy groups -OCH3 is 1. The molecule has 0 spiro atoms. The molecular weight excluding hydrogens is 343 g/mol. The highest BCUT2D eigenvalue weighted by Gasteiger charge is 2.19.